The molecule has 0 heterocycles. The van der Waals surface area contributed by atoms with Crippen molar-refractivity contribution < 1.29 is 81.3 Å². The maximum absolute atomic E-state index is 13.1. The van der Waals surface area contributed by atoms with E-state index in [2.05, 4.69) is 55.0 Å². The first kappa shape index (κ1) is 80.6. The fourth-order valence-corrected chi connectivity index (χ4v) is 11.1. The van der Waals surface area contributed by atoms with Crippen LogP contribution in [0.2, 0.25) is 0 Å². The lowest BCUT2D eigenvalue weighted by atomic mass is 9.82. The summed E-state index contributed by atoms with van der Waals surface area (Å²) in [5, 5.41) is 30.2. The van der Waals surface area contributed by atoms with Gasteiger partial charge in [-0.25, -0.2) is 4.79 Å². The lowest BCUT2D eigenvalue weighted by Gasteiger charge is -2.34. The predicted molar refractivity (Wildman–Crippen MR) is 348 cm³/mol. The number of terminal acetylenes is 3. The van der Waals surface area contributed by atoms with Crippen molar-refractivity contribution in [3.05, 3.63) is 0 Å². The number of rotatable bonds is 55. The second-order valence-electron chi connectivity index (χ2n) is 23.9. The molecule has 3 saturated carbocycles. The zero-order valence-electron chi connectivity index (χ0n) is 55.1. The summed E-state index contributed by atoms with van der Waals surface area (Å²) in [5.41, 5.74) is -1.27. The van der Waals surface area contributed by atoms with Gasteiger partial charge in [0.2, 0.25) is 35.4 Å². The monoisotopic (exact) mass is 1300 g/mol. The van der Waals surface area contributed by atoms with E-state index in [1.54, 1.807) is 0 Å². The number of carboxylic acid groups (broad SMARTS) is 1. The van der Waals surface area contributed by atoms with Crippen LogP contribution in [0.15, 0.2) is 0 Å². The van der Waals surface area contributed by atoms with E-state index in [1.807, 2.05) is 0 Å². The third-order valence-electron chi connectivity index (χ3n) is 16.8. The number of carbonyl (C=O) groups is 7. The van der Waals surface area contributed by atoms with Crippen molar-refractivity contribution in [1.82, 2.24) is 37.2 Å². The lowest BCUT2D eigenvalue weighted by molar-refractivity contribution is -0.126. The molecular formula is C68H113N7O17. The lowest BCUT2D eigenvalue weighted by Crippen LogP contribution is -2.50. The Morgan fingerprint density at radius 1 is 0.326 bits per heavy atom. The molecule has 3 rings (SSSR count). The van der Waals surface area contributed by atoms with Gasteiger partial charge in [0.25, 0.3) is 0 Å². The highest BCUT2D eigenvalue weighted by Gasteiger charge is 2.34. The number of ether oxygens (including phenoxy) is 9. The van der Waals surface area contributed by atoms with Crippen LogP contribution < -0.4 is 37.2 Å². The molecule has 24 nitrogen and oxygen atoms in total. The molecule has 0 bridgehead atoms. The summed E-state index contributed by atoms with van der Waals surface area (Å²) < 4.78 is 50.6. The quantitative estimate of drug-likeness (QED) is 0.0298. The molecule has 8 N–H and O–H groups in total. The Kier molecular flexibility index (Phi) is 47.1. The van der Waals surface area contributed by atoms with Crippen molar-refractivity contribution >= 4 is 41.5 Å². The Morgan fingerprint density at radius 3 is 0.739 bits per heavy atom. The number of nitrogens with one attached hydrogen (secondary N) is 7. The van der Waals surface area contributed by atoms with Gasteiger partial charge in [0.1, 0.15) is 0 Å². The van der Waals surface area contributed by atoms with Crippen LogP contribution in [0.3, 0.4) is 0 Å². The van der Waals surface area contributed by atoms with Crippen LogP contribution >= 0.6 is 0 Å². The van der Waals surface area contributed by atoms with E-state index in [9.17, 15) is 38.7 Å². The minimum atomic E-state index is -1.34. The van der Waals surface area contributed by atoms with Gasteiger partial charge >= 0.3 is 6.09 Å². The molecule has 92 heavy (non-hydrogen) atoms. The van der Waals surface area contributed by atoms with Gasteiger partial charge < -0.3 is 85.0 Å². The summed E-state index contributed by atoms with van der Waals surface area (Å²) in [4.78, 5) is 88.9. The minimum absolute atomic E-state index is 0.0436. The Morgan fingerprint density at radius 2 is 0.533 bits per heavy atom. The summed E-state index contributed by atoms with van der Waals surface area (Å²) in [6.07, 6.45) is 29.3. The van der Waals surface area contributed by atoms with Gasteiger partial charge in [-0.1, -0.05) is 0 Å². The molecule has 0 aliphatic heterocycles. The molecule has 0 saturated heterocycles. The molecule has 3 aliphatic carbocycles. The standard InChI is InChI=1S/C68H113N7O17/c1-4-55-13-19-58(20-14-55)64(79)72-34-10-40-87-46-52-90-49-43-84-37-7-31-69-61(76)25-28-68(75-67(82)83,29-26-62(77)70-32-8-38-85-44-50-91-53-47-88-41-11-35-73-65(80)59-21-15-56(5-2)16-22-59)30-27-63(78)71-33-9-39-86-45-51-92-54-48-89-42-12-36-74-66(81)60-23-17-57(6-3)18-24-60/h1-3,55-60,75H,7-54H2,(H,69,76)(H,70,77)(H,71,78)(H,72,79)(H,73,80)(H,74,81)(H,82,83). The average molecular weight is 1300 g/mol. The molecule has 0 radical (unpaired) electrons. The number of amides is 7. The average Bonchev–Trinajstić information content (AvgIpc) is 1.59. The highest BCUT2D eigenvalue weighted by Crippen LogP contribution is 2.31. The van der Waals surface area contributed by atoms with E-state index in [0.29, 0.717) is 197 Å². The Hall–Kier alpha value is -5.59. The smallest absolute Gasteiger partial charge is 0.405 e. The van der Waals surface area contributed by atoms with Crippen LogP contribution in [-0.4, -0.2) is 210 Å². The van der Waals surface area contributed by atoms with Crippen molar-refractivity contribution in [3.8, 4) is 37.0 Å². The van der Waals surface area contributed by atoms with Crippen LogP contribution in [0.5, 0.6) is 0 Å². The fourth-order valence-electron chi connectivity index (χ4n) is 11.1. The molecule has 0 unspecified atom stereocenters. The van der Waals surface area contributed by atoms with E-state index in [4.69, 9.17) is 61.9 Å². The van der Waals surface area contributed by atoms with E-state index < -0.39 is 11.6 Å². The van der Waals surface area contributed by atoms with Gasteiger partial charge in [-0.15, -0.1) is 37.0 Å². The van der Waals surface area contributed by atoms with E-state index >= 15 is 0 Å². The molecule has 0 spiro atoms. The van der Waals surface area contributed by atoms with E-state index in [1.165, 1.54) is 0 Å². The van der Waals surface area contributed by atoms with E-state index in [0.717, 1.165) is 77.0 Å². The SMILES string of the molecule is C#CC1CCC(C(=O)NCCCOCCOCCOCCCNC(=O)CCC(CCC(=O)NCCCOCCOCCOCCCNC(=O)C2CCC(C#C)CC2)(CCC(=O)NCCCOCCOCCOCCCNC(=O)C2CCC(C#C)CC2)NC(=O)O)CC1. The highest BCUT2D eigenvalue weighted by molar-refractivity contribution is 5.80. The maximum Gasteiger partial charge on any atom is 0.405 e. The molecular weight excluding hydrogens is 1190 g/mol. The van der Waals surface area contributed by atoms with Crippen molar-refractivity contribution in [2.75, 3.05) is 158 Å². The summed E-state index contributed by atoms with van der Waals surface area (Å²) >= 11 is 0. The topological polar surface area (TPSA) is 307 Å². The molecule has 7 amide bonds. The second kappa shape index (κ2) is 53.7. The van der Waals surface area contributed by atoms with Crippen LogP contribution in [0.4, 0.5) is 4.79 Å². The third-order valence-corrected chi connectivity index (χ3v) is 16.8. The summed E-state index contributed by atoms with van der Waals surface area (Å²) in [6, 6.07) is 0. The highest BCUT2D eigenvalue weighted by atomic mass is 16.6. The normalized spacial score (nSPS) is 19.4. The summed E-state index contributed by atoms with van der Waals surface area (Å²) in [7, 11) is 0. The zero-order valence-corrected chi connectivity index (χ0v) is 55.1. The van der Waals surface area contributed by atoms with Crippen molar-refractivity contribution in [2.24, 2.45) is 35.5 Å². The molecule has 24 heteroatoms. The van der Waals surface area contributed by atoms with E-state index in [-0.39, 0.29) is 109 Å². The molecule has 0 aromatic heterocycles. The van der Waals surface area contributed by atoms with Gasteiger partial charge in [0, 0.05) is 139 Å². The van der Waals surface area contributed by atoms with Crippen LogP contribution in [-0.2, 0) is 71.4 Å². The first-order chi connectivity index (χ1) is 44.9. The number of carbonyl (C=O) groups excluding carboxylic acids is 6. The first-order valence-electron chi connectivity index (χ1n) is 34.1. The second-order valence-corrected chi connectivity index (χ2v) is 23.9. The minimum Gasteiger partial charge on any atom is -0.465 e. The first-order valence-corrected chi connectivity index (χ1v) is 34.1. The van der Waals surface area contributed by atoms with Crippen molar-refractivity contribution in [3.63, 3.8) is 0 Å². The van der Waals surface area contributed by atoms with Gasteiger partial charge in [-0.2, -0.15) is 0 Å². The molecule has 522 valence electrons. The molecule has 0 aromatic carbocycles. The number of hydrogen-bond donors (Lipinski definition) is 8. The Bertz CT molecular complexity index is 1930. The maximum atomic E-state index is 13.1. The van der Waals surface area contributed by atoms with Gasteiger partial charge in [-0.3, -0.25) is 28.8 Å². The van der Waals surface area contributed by atoms with Crippen LogP contribution in [0.1, 0.15) is 154 Å². The van der Waals surface area contributed by atoms with Gasteiger partial charge in [0.05, 0.1) is 79.3 Å². The van der Waals surface area contributed by atoms with Crippen molar-refractivity contribution in [2.45, 2.75) is 160 Å². The molecule has 3 aliphatic rings. The number of hydrogen-bond acceptors (Lipinski definition) is 16. The zero-order chi connectivity index (χ0) is 66.4. The largest absolute Gasteiger partial charge is 0.465 e. The molecule has 0 aromatic rings. The van der Waals surface area contributed by atoms with Crippen LogP contribution in [0.25, 0.3) is 0 Å². The third kappa shape index (κ3) is 41.2. The molecule has 0 atom stereocenters. The van der Waals surface area contributed by atoms with Crippen LogP contribution in [0, 0.1) is 72.5 Å². The predicted octanol–water partition coefficient (Wildman–Crippen LogP) is 4.84. The fraction of sp³-hybridized carbons (Fsp3) is 0.809. The van der Waals surface area contributed by atoms with Gasteiger partial charge in [-0.05, 0) is 135 Å². The van der Waals surface area contributed by atoms with Gasteiger partial charge in [0.15, 0.2) is 0 Å². The van der Waals surface area contributed by atoms with Crippen molar-refractivity contribution in [1.29, 1.82) is 0 Å². The summed E-state index contributed by atoms with van der Waals surface area (Å²) in [6.45, 7) is 10.0. The Balaban J connectivity index is 1.27. The Labute approximate surface area is 548 Å². The summed E-state index contributed by atoms with van der Waals surface area (Å²) in [5.74, 6) is 8.72. The molecule has 3 fully saturated rings.